The van der Waals surface area contributed by atoms with E-state index in [4.69, 9.17) is 30.6 Å². The maximum Gasteiger partial charge on any atom is 0.313 e. The van der Waals surface area contributed by atoms with E-state index in [9.17, 15) is 58.4 Å². The molecule has 116 heavy (non-hydrogen) atoms. The number of phenols is 3. The molecule has 38 nitrogen and oxygen atoms in total. The maximum absolute atomic E-state index is 11.9. The number of phenolic OH excluding ortho intramolecular Hbond substituents is 3. The van der Waals surface area contributed by atoms with Gasteiger partial charge in [-0.15, -0.1) is 30.6 Å². The minimum Gasteiger partial charge on any atom is -0.508 e. The van der Waals surface area contributed by atoms with Gasteiger partial charge in [0.05, 0.1) is 56.3 Å². The average molecular weight is 1710 g/mol. The van der Waals surface area contributed by atoms with E-state index < -0.39 is 50.3 Å². The molecule has 7 aromatic heterocycles. The number of pyridine rings is 1. The van der Waals surface area contributed by atoms with E-state index in [2.05, 4.69) is 102 Å². The van der Waals surface area contributed by atoms with Crippen molar-refractivity contribution in [3.63, 3.8) is 0 Å². The van der Waals surface area contributed by atoms with E-state index >= 15 is 0 Å². The number of nitrogens with zero attached hydrogens (tertiary/aromatic N) is 14. The molecule has 0 fully saturated rings. The number of aromatic hydroxyl groups is 3. The molecule has 0 aliphatic heterocycles. The molecule has 13 aromatic rings. The SMILES string of the molecule is C=S(C)(=O)c1cccc(-c2nc(SCC(=O)O)n[nH]2)c1.Cc1cc(O)cc(-c2nc(SCC(=O)O)n[nH]2)c1.Cc1ccc(-c2nc(SCC(=O)O)n[nH]2)c(O)c1.Cc1ccc(-c2nc(SCC(=O)O)n[nH]2)cc1[N+](=O)[O-].Cc1ccc(O)c(-c2nc(SCC(=O)O)n[nH]2)c1.O=C(O)CSc1n[nH]c(-c2cccc(-c3ccccn3)c2)n1. The Balaban J connectivity index is 0.000000174. The van der Waals surface area contributed by atoms with Gasteiger partial charge in [0.25, 0.3) is 5.69 Å². The number of aliphatic carboxylic acids is 6. The van der Waals surface area contributed by atoms with Gasteiger partial charge in [0.2, 0.25) is 30.9 Å². The highest BCUT2D eigenvalue weighted by atomic mass is 32.2. The molecule has 0 saturated carbocycles. The number of aryl methyl sites for hydroxylation is 4. The smallest absolute Gasteiger partial charge is 0.313 e. The molecule has 13 rings (SSSR count). The number of nitro groups is 1. The summed E-state index contributed by atoms with van der Waals surface area (Å²) in [5.41, 5.74) is 9.17. The van der Waals surface area contributed by atoms with Crippen molar-refractivity contribution < 1.29 is 83.9 Å². The second-order valence-corrected chi connectivity index (χ2v) is 31.7. The first kappa shape index (κ1) is 88.6. The summed E-state index contributed by atoms with van der Waals surface area (Å²) in [5, 5.41) is 133. The first-order chi connectivity index (χ1) is 55.2. The molecule has 0 bridgehead atoms. The third-order valence-electron chi connectivity index (χ3n) is 14.3. The standard InChI is InChI=1S/C15H12N4O2S.C12H13N3O3S2.C11H10N4O4S.3C11H11N3O3S/c20-13(21)9-22-15-17-14(18-19-15)11-5-3-4-10(8-11)12-6-1-2-7-16-12;1-20(2,18)9-5-3-4-8(6-9)11-13-12(15-14-11)19-7-10(16)17;1-6-2-3-7(4-8(6)15(18)19)10-12-11(14-13-10)20-5-9(16)17;1-6-2-7(4-8(15)3-6)10-12-11(14-13-10)18-5-9(16)17;1-6-2-3-8(15)7(4-6)10-12-11(14-13-10)18-5-9(16)17;1-6-2-3-7(8(15)4-6)10-12-11(14-13-10)18-5-9(16)17/h1-8H,9H2,(H,20,21)(H,17,18,19);3-6H,1,7H2,2H3,(H,16,17)(H,13,14,15);2-4H,5H2,1H3,(H,16,17)(H,12,13,14);3*2-4,15H,5H2,1H3,(H,16,17)(H,12,13,14). The number of hydrogen-bond donors (Lipinski definition) is 15. The molecule has 0 spiro atoms. The molecule has 7 heterocycles. The summed E-state index contributed by atoms with van der Waals surface area (Å²) in [4.78, 5) is 103. The predicted octanol–water partition coefficient (Wildman–Crippen LogP) is 10.9. The van der Waals surface area contributed by atoms with Crippen LogP contribution in [0.4, 0.5) is 5.69 Å². The van der Waals surface area contributed by atoms with E-state index in [0.717, 1.165) is 110 Å². The zero-order chi connectivity index (χ0) is 84.2. The third kappa shape index (κ3) is 28.6. The number of carboxylic acid groups (broad SMARTS) is 6. The van der Waals surface area contributed by atoms with E-state index in [1.165, 1.54) is 6.07 Å². The van der Waals surface area contributed by atoms with Crippen LogP contribution in [-0.4, -0.2) is 234 Å². The Morgan fingerprint density at radius 1 is 0.405 bits per heavy atom. The van der Waals surface area contributed by atoms with Gasteiger partial charge in [-0.05, 0) is 127 Å². The number of nitrogens with one attached hydrogen (secondary N) is 6. The fraction of sp³-hybridized carbons (Fsp3) is 0.155. The lowest BCUT2D eigenvalue weighted by Crippen LogP contribution is -1.97. The molecular weight excluding hydrogens is 1650 g/mol. The van der Waals surface area contributed by atoms with Gasteiger partial charge in [-0.3, -0.25) is 78.7 Å². The Bertz CT molecular complexity index is 5700. The van der Waals surface area contributed by atoms with Gasteiger partial charge >= 0.3 is 35.8 Å². The highest BCUT2D eigenvalue weighted by molar-refractivity contribution is 8.01. The van der Waals surface area contributed by atoms with E-state index in [0.29, 0.717) is 93.4 Å². The van der Waals surface area contributed by atoms with E-state index in [1.54, 1.807) is 98.2 Å². The second kappa shape index (κ2) is 42.8. The molecule has 1 atom stereocenters. The Kier molecular flexibility index (Phi) is 32.7. The van der Waals surface area contributed by atoms with Gasteiger partial charge in [-0.25, -0.2) is 29.9 Å². The van der Waals surface area contributed by atoms with E-state index in [1.807, 2.05) is 75.4 Å². The van der Waals surface area contributed by atoms with Gasteiger partial charge < -0.3 is 46.0 Å². The van der Waals surface area contributed by atoms with Gasteiger partial charge in [0.15, 0.2) is 34.9 Å². The minimum atomic E-state index is -2.29. The highest BCUT2D eigenvalue weighted by Gasteiger charge is 2.19. The summed E-state index contributed by atoms with van der Waals surface area (Å²) in [7, 11) is -2.29. The number of carbonyl (C=O) groups is 6. The molecule has 0 saturated heterocycles. The second-order valence-electron chi connectivity index (χ2n) is 23.6. The van der Waals surface area contributed by atoms with Crippen LogP contribution >= 0.6 is 70.6 Å². The third-order valence-corrected chi connectivity index (χ3v) is 20.5. The van der Waals surface area contributed by atoms with Crippen molar-refractivity contribution in [2.75, 3.05) is 40.8 Å². The van der Waals surface area contributed by atoms with Crippen molar-refractivity contribution >= 4 is 127 Å². The van der Waals surface area contributed by atoms with Crippen molar-refractivity contribution in [2.24, 2.45) is 0 Å². The average Bonchev–Trinajstić information content (AvgIpc) is 1.19. The molecule has 0 amide bonds. The fourth-order valence-corrected chi connectivity index (χ4v) is 13.0. The van der Waals surface area contributed by atoms with Crippen LogP contribution in [0.15, 0.2) is 182 Å². The summed E-state index contributed by atoms with van der Waals surface area (Å²) in [6.07, 6.45) is 3.32. The normalized spacial score (nSPS) is 11.1. The molecule has 15 N–H and O–H groups in total. The molecule has 1 unspecified atom stereocenters. The van der Waals surface area contributed by atoms with Crippen molar-refractivity contribution in [1.82, 2.24) is 96.1 Å². The van der Waals surface area contributed by atoms with Crippen molar-refractivity contribution in [1.29, 1.82) is 0 Å². The number of H-pyrrole nitrogens is 6. The van der Waals surface area contributed by atoms with Gasteiger partial charge in [0, 0.05) is 56.8 Å². The summed E-state index contributed by atoms with van der Waals surface area (Å²) >= 11 is 6.16. The topological polar surface area (TPSA) is 607 Å². The van der Waals surface area contributed by atoms with Gasteiger partial charge in [0.1, 0.15) is 17.2 Å². The predicted molar refractivity (Wildman–Crippen MR) is 434 cm³/mol. The van der Waals surface area contributed by atoms with Crippen LogP contribution in [0.25, 0.3) is 79.6 Å². The van der Waals surface area contributed by atoms with Crippen LogP contribution < -0.4 is 0 Å². The molecule has 0 aliphatic rings. The number of nitro benzene ring substituents is 1. The molecule has 45 heteroatoms. The number of rotatable bonds is 27. The maximum atomic E-state index is 11.9. The number of hydrogen-bond acceptors (Lipinski definition) is 31. The monoisotopic (exact) mass is 1710 g/mol. The lowest BCUT2D eigenvalue weighted by Gasteiger charge is -2.04. The van der Waals surface area contributed by atoms with E-state index in [-0.39, 0.29) is 62.6 Å². The van der Waals surface area contributed by atoms with Crippen molar-refractivity contribution in [3.8, 4) is 96.8 Å². The van der Waals surface area contributed by atoms with Crippen molar-refractivity contribution in [2.45, 2.75) is 63.5 Å². The molecule has 0 radical (unpaired) electrons. The molecule has 602 valence electrons. The number of carboxylic acids is 6. The van der Waals surface area contributed by atoms with Crippen LogP contribution in [0, 0.1) is 37.8 Å². The zero-order valence-electron chi connectivity index (χ0n) is 61.1. The van der Waals surface area contributed by atoms with Gasteiger partial charge in [-0.2, -0.15) is 0 Å². The summed E-state index contributed by atoms with van der Waals surface area (Å²) in [5.74, 6) is 0.666. The van der Waals surface area contributed by atoms with Gasteiger partial charge in [-0.1, -0.05) is 137 Å². The first-order valence-electron chi connectivity index (χ1n) is 32.9. The van der Waals surface area contributed by atoms with Crippen LogP contribution in [0.3, 0.4) is 0 Å². The number of benzene rings is 6. The fourth-order valence-electron chi connectivity index (χ4n) is 9.19. The lowest BCUT2D eigenvalue weighted by atomic mass is 10.1. The highest BCUT2D eigenvalue weighted by Crippen LogP contribution is 2.33. The Morgan fingerprint density at radius 3 is 1.22 bits per heavy atom. The Morgan fingerprint density at radius 2 is 0.802 bits per heavy atom. The van der Waals surface area contributed by atoms with Crippen LogP contribution in [0.1, 0.15) is 22.3 Å². The number of aromatic amines is 6. The number of thioether (sulfide) groups is 6. The van der Waals surface area contributed by atoms with Crippen LogP contribution in [-0.2, 0) is 38.3 Å². The summed E-state index contributed by atoms with van der Waals surface area (Å²) in [6, 6.07) is 40.7. The Labute approximate surface area is 682 Å². The summed E-state index contributed by atoms with van der Waals surface area (Å²) in [6.45, 7) is 7.29. The first-order valence-corrected chi connectivity index (χ1v) is 41.0. The number of aromatic nitrogens is 19. The van der Waals surface area contributed by atoms with Crippen molar-refractivity contribution in [3.05, 3.63) is 178 Å². The largest absolute Gasteiger partial charge is 0.508 e. The lowest BCUT2D eigenvalue weighted by molar-refractivity contribution is -0.385. The zero-order valence-corrected chi connectivity index (χ0v) is 66.8. The molecule has 0 aliphatic carbocycles. The molecule has 6 aromatic carbocycles. The summed E-state index contributed by atoms with van der Waals surface area (Å²) < 4.78 is 11.9. The van der Waals surface area contributed by atoms with Crippen LogP contribution in [0.2, 0.25) is 0 Å². The minimum absolute atomic E-state index is 0.00126. The van der Waals surface area contributed by atoms with Crippen LogP contribution in [0.5, 0.6) is 17.2 Å². The quantitative estimate of drug-likeness (QED) is 0.00984. The molecular formula is C71H68N20O18S7. The Hall–Kier alpha value is -13.0.